The van der Waals surface area contributed by atoms with Crippen LogP contribution in [0.5, 0.6) is 5.75 Å². The second kappa shape index (κ2) is 4.45. The Morgan fingerprint density at radius 1 is 1.59 bits per heavy atom. The monoisotopic (exact) mass is 233 g/mol. The minimum atomic E-state index is -0.0359. The van der Waals surface area contributed by atoms with Gasteiger partial charge in [-0.2, -0.15) is 0 Å². The van der Waals surface area contributed by atoms with Crippen molar-refractivity contribution in [2.75, 3.05) is 6.54 Å². The molecule has 0 bridgehead atoms. The van der Waals surface area contributed by atoms with Crippen molar-refractivity contribution in [3.8, 4) is 5.75 Å². The fourth-order valence-electron chi connectivity index (χ4n) is 1.90. The lowest BCUT2D eigenvalue weighted by molar-refractivity contribution is -0.118. The molecule has 0 unspecified atom stereocenters. The summed E-state index contributed by atoms with van der Waals surface area (Å²) in [4.78, 5) is 15.0. The third-order valence-corrected chi connectivity index (χ3v) is 2.65. The van der Waals surface area contributed by atoms with Crippen LogP contribution in [0.25, 0.3) is 11.0 Å². The number of aromatic hydroxyl groups is 1. The van der Waals surface area contributed by atoms with Gasteiger partial charge in [0.25, 0.3) is 0 Å². The van der Waals surface area contributed by atoms with Crippen LogP contribution in [-0.4, -0.2) is 27.1 Å². The molecule has 0 fully saturated rings. The summed E-state index contributed by atoms with van der Waals surface area (Å²) in [7, 11) is 1.91. The summed E-state index contributed by atoms with van der Waals surface area (Å²) in [6.07, 6.45) is 4.13. The van der Waals surface area contributed by atoms with Gasteiger partial charge in [-0.05, 0) is 18.1 Å². The Morgan fingerprint density at radius 2 is 2.35 bits per heavy atom. The highest BCUT2D eigenvalue weighted by Gasteiger charge is 2.08. The van der Waals surface area contributed by atoms with E-state index in [-0.39, 0.29) is 11.7 Å². The average Bonchev–Trinajstić information content (AvgIpc) is 2.55. The van der Waals surface area contributed by atoms with E-state index in [0.29, 0.717) is 6.54 Å². The molecule has 2 N–H and O–H groups in total. The van der Waals surface area contributed by atoms with Crippen LogP contribution >= 0.6 is 0 Å². The maximum absolute atomic E-state index is 10.8. The summed E-state index contributed by atoms with van der Waals surface area (Å²) < 4.78 is 1.91. The molecule has 0 saturated heterocycles. The maximum Gasteiger partial charge on any atom is 0.216 e. The number of carbonyl (C=O) groups is 1. The third-order valence-electron chi connectivity index (χ3n) is 2.65. The number of pyridine rings is 1. The molecular formula is C12H15N3O2. The predicted octanol–water partition coefficient (Wildman–Crippen LogP) is 0.957. The van der Waals surface area contributed by atoms with Crippen molar-refractivity contribution in [1.29, 1.82) is 0 Å². The largest absolute Gasteiger partial charge is 0.506 e. The van der Waals surface area contributed by atoms with Crippen molar-refractivity contribution in [3.63, 3.8) is 0 Å². The fourth-order valence-corrected chi connectivity index (χ4v) is 1.90. The molecule has 5 heteroatoms. The Morgan fingerprint density at radius 3 is 3.06 bits per heavy atom. The molecule has 0 radical (unpaired) electrons. The van der Waals surface area contributed by atoms with E-state index in [9.17, 15) is 9.90 Å². The van der Waals surface area contributed by atoms with Crippen molar-refractivity contribution in [3.05, 3.63) is 24.0 Å². The van der Waals surface area contributed by atoms with Crippen molar-refractivity contribution >= 4 is 16.9 Å². The van der Waals surface area contributed by atoms with Crippen LogP contribution in [0.4, 0.5) is 0 Å². The topological polar surface area (TPSA) is 67.2 Å². The Labute approximate surface area is 99.1 Å². The fraction of sp³-hybridized carbons (Fsp3) is 0.333. The number of nitrogens with one attached hydrogen (secondary N) is 1. The van der Waals surface area contributed by atoms with Gasteiger partial charge in [-0.1, -0.05) is 0 Å². The summed E-state index contributed by atoms with van der Waals surface area (Å²) in [5.41, 5.74) is 1.90. The Balaban J connectivity index is 2.27. The van der Waals surface area contributed by atoms with Gasteiger partial charge < -0.3 is 15.0 Å². The lowest BCUT2D eigenvalue weighted by Gasteiger charge is -2.00. The highest BCUT2D eigenvalue weighted by molar-refractivity contribution is 5.81. The molecule has 0 spiro atoms. The van der Waals surface area contributed by atoms with E-state index in [1.54, 1.807) is 6.07 Å². The second-order valence-corrected chi connectivity index (χ2v) is 4.06. The number of rotatable bonds is 3. The van der Waals surface area contributed by atoms with E-state index in [2.05, 4.69) is 10.3 Å². The van der Waals surface area contributed by atoms with Crippen LogP contribution in [0.15, 0.2) is 18.5 Å². The zero-order chi connectivity index (χ0) is 12.4. The van der Waals surface area contributed by atoms with Crippen LogP contribution in [0.1, 0.15) is 12.5 Å². The van der Waals surface area contributed by atoms with Gasteiger partial charge in [-0.3, -0.25) is 4.79 Å². The van der Waals surface area contributed by atoms with Gasteiger partial charge in [0.05, 0.1) is 6.20 Å². The van der Waals surface area contributed by atoms with Gasteiger partial charge in [0.15, 0.2) is 0 Å². The highest BCUT2D eigenvalue weighted by atomic mass is 16.3. The zero-order valence-electron chi connectivity index (χ0n) is 9.90. The lowest BCUT2D eigenvalue weighted by Crippen LogP contribution is -2.22. The van der Waals surface area contributed by atoms with Gasteiger partial charge in [0.2, 0.25) is 5.91 Å². The van der Waals surface area contributed by atoms with Gasteiger partial charge in [0.1, 0.15) is 11.4 Å². The number of aromatic nitrogens is 2. The van der Waals surface area contributed by atoms with E-state index < -0.39 is 0 Å². The van der Waals surface area contributed by atoms with E-state index in [1.165, 1.54) is 13.1 Å². The van der Waals surface area contributed by atoms with Gasteiger partial charge in [-0.15, -0.1) is 0 Å². The molecule has 0 saturated carbocycles. The van der Waals surface area contributed by atoms with Crippen LogP contribution in [0.3, 0.4) is 0 Å². The van der Waals surface area contributed by atoms with E-state index in [1.807, 2.05) is 17.8 Å². The normalized spacial score (nSPS) is 10.7. The molecule has 5 nitrogen and oxygen atoms in total. The lowest BCUT2D eigenvalue weighted by atomic mass is 10.1. The molecule has 0 aliphatic rings. The standard InChI is InChI=1S/C12H15N3O2/c1-8(16)13-4-3-9-7-15(2)12-11(9)5-10(17)6-14-12/h5-7,17H,3-4H2,1-2H3,(H,13,16). The van der Waals surface area contributed by atoms with Crippen molar-refractivity contribution in [1.82, 2.24) is 14.9 Å². The molecule has 0 aliphatic heterocycles. The maximum atomic E-state index is 10.8. The number of fused-ring (bicyclic) bond motifs is 1. The van der Waals surface area contributed by atoms with Gasteiger partial charge in [0, 0.05) is 32.1 Å². The number of nitrogens with zero attached hydrogens (tertiary/aromatic N) is 2. The first kappa shape index (κ1) is 11.4. The first-order valence-corrected chi connectivity index (χ1v) is 5.45. The third kappa shape index (κ3) is 2.38. The number of hydrogen-bond donors (Lipinski definition) is 2. The molecule has 0 atom stereocenters. The molecule has 17 heavy (non-hydrogen) atoms. The van der Waals surface area contributed by atoms with Crippen molar-refractivity contribution in [2.24, 2.45) is 7.05 Å². The van der Waals surface area contributed by atoms with E-state index >= 15 is 0 Å². The summed E-state index contributed by atoms with van der Waals surface area (Å²) in [5.74, 6) is 0.121. The van der Waals surface area contributed by atoms with E-state index in [4.69, 9.17) is 0 Å². The first-order valence-electron chi connectivity index (χ1n) is 5.45. The molecule has 2 heterocycles. The molecule has 2 rings (SSSR count). The average molecular weight is 233 g/mol. The van der Waals surface area contributed by atoms with Gasteiger partial charge in [-0.25, -0.2) is 4.98 Å². The van der Waals surface area contributed by atoms with Crippen LogP contribution < -0.4 is 5.32 Å². The van der Waals surface area contributed by atoms with Gasteiger partial charge >= 0.3 is 0 Å². The van der Waals surface area contributed by atoms with Crippen LogP contribution in [-0.2, 0) is 18.3 Å². The molecule has 0 aliphatic carbocycles. The van der Waals surface area contributed by atoms with Crippen molar-refractivity contribution < 1.29 is 9.90 Å². The molecule has 1 amide bonds. The van der Waals surface area contributed by atoms with Crippen LogP contribution in [0, 0.1) is 0 Å². The SMILES string of the molecule is CC(=O)NCCc1cn(C)c2ncc(O)cc12. The first-order chi connectivity index (χ1) is 8.08. The molecule has 90 valence electrons. The molecule has 0 aromatic carbocycles. The van der Waals surface area contributed by atoms with E-state index in [0.717, 1.165) is 23.0 Å². The molecular weight excluding hydrogens is 218 g/mol. The summed E-state index contributed by atoms with van der Waals surface area (Å²) in [5, 5.41) is 13.1. The minimum absolute atomic E-state index is 0.0359. The molecule has 2 aromatic heterocycles. The quantitative estimate of drug-likeness (QED) is 0.829. The Hall–Kier alpha value is -2.04. The highest BCUT2D eigenvalue weighted by Crippen LogP contribution is 2.22. The Bertz CT molecular complexity index is 560. The molecule has 2 aromatic rings. The Kier molecular flexibility index (Phi) is 2.99. The minimum Gasteiger partial charge on any atom is -0.506 e. The predicted molar refractivity (Wildman–Crippen MR) is 64.8 cm³/mol. The number of aryl methyl sites for hydroxylation is 1. The van der Waals surface area contributed by atoms with Crippen molar-refractivity contribution in [2.45, 2.75) is 13.3 Å². The summed E-state index contributed by atoms with van der Waals surface area (Å²) >= 11 is 0. The number of hydrogen-bond acceptors (Lipinski definition) is 3. The number of carbonyl (C=O) groups excluding carboxylic acids is 1. The second-order valence-electron chi connectivity index (χ2n) is 4.06. The van der Waals surface area contributed by atoms with Crippen LogP contribution in [0.2, 0.25) is 0 Å². The number of amides is 1. The smallest absolute Gasteiger partial charge is 0.216 e. The summed E-state index contributed by atoms with van der Waals surface area (Å²) in [6, 6.07) is 1.70. The zero-order valence-corrected chi connectivity index (χ0v) is 9.90. The summed E-state index contributed by atoms with van der Waals surface area (Å²) in [6.45, 7) is 2.08.